The van der Waals surface area contributed by atoms with Crippen LogP contribution < -0.4 is 15.4 Å². The highest BCUT2D eigenvalue weighted by Crippen LogP contribution is 2.23. The van der Waals surface area contributed by atoms with Gasteiger partial charge in [0.15, 0.2) is 0 Å². The first-order valence-corrected chi connectivity index (χ1v) is 9.33. The van der Waals surface area contributed by atoms with Gasteiger partial charge in [0.1, 0.15) is 11.4 Å². The summed E-state index contributed by atoms with van der Waals surface area (Å²) in [6, 6.07) is 17.0. The number of anilines is 2. The van der Waals surface area contributed by atoms with Crippen LogP contribution in [-0.2, 0) is 6.42 Å². The number of amides is 1. The number of carbonyl (C=O) groups is 1. The summed E-state index contributed by atoms with van der Waals surface area (Å²) in [5.41, 5.74) is 4.27. The van der Waals surface area contributed by atoms with E-state index in [0.29, 0.717) is 17.3 Å². The molecule has 0 saturated carbocycles. The molecule has 3 aromatic rings. The number of rotatable bonds is 7. The van der Waals surface area contributed by atoms with Gasteiger partial charge in [-0.25, -0.2) is 4.98 Å². The van der Waals surface area contributed by atoms with Crippen molar-refractivity contribution in [3.05, 3.63) is 82.6 Å². The van der Waals surface area contributed by atoms with E-state index in [0.717, 1.165) is 34.7 Å². The summed E-state index contributed by atoms with van der Waals surface area (Å²) in [6.45, 7) is 2.50. The summed E-state index contributed by atoms with van der Waals surface area (Å²) in [4.78, 5) is 16.5. The molecule has 144 valence electrons. The minimum atomic E-state index is -0.197. The summed E-state index contributed by atoms with van der Waals surface area (Å²) in [5, 5.41) is 6.86. The monoisotopic (exact) mass is 395 g/mol. The third-order valence-electron chi connectivity index (χ3n) is 4.30. The molecule has 2 aromatic carbocycles. The Morgan fingerprint density at radius 1 is 1.14 bits per heavy atom. The van der Waals surface area contributed by atoms with Gasteiger partial charge >= 0.3 is 0 Å². The number of halogens is 1. The van der Waals surface area contributed by atoms with Crippen molar-refractivity contribution >= 4 is 28.9 Å². The summed E-state index contributed by atoms with van der Waals surface area (Å²) in [5.74, 6) is 0.613. The first-order chi connectivity index (χ1) is 13.5. The third-order valence-corrected chi connectivity index (χ3v) is 4.53. The lowest BCUT2D eigenvalue weighted by Gasteiger charge is -2.10. The van der Waals surface area contributed by atoms with Crippen molar-refractivity contribution in [1.29, 1.82) is 0 Å². The summed E-state index contributed by atoms with van der Waals surface area (Å²) in [6.07, 6.45) is 2.36. The number of ether oxygens (including phenoxy) is 1. The van der Waals surface area contributed by atoms with Crippen LogP contribution in [0.5, 0.6) is 5.75 Å². The maximum Gasteiger partial charge on any atom is 0.269 e. The molecule has 0 aliphatic heterocycles. The van der Waals surface area contributed by atoms with Crippen LogP contribution in [0.3, 0.4) is 0 Å². The van der Waals surface area contributed by atoms with E-state index in [2.05, 4.69) is 15.6 Å². The van der Waals surface area contributed by atoms with Gasteiger partial charge < -0.3 is 15.4 Å². The maximum absolute atomic E-state index is 12.3. The van der Waals surface area contributed by atoms with Gasteiger partial charge in [-0.3, -0.25) is 4.79 Å². The first-order valence-electron chi connectivity index (χ1n) is 8.95. The summed E-state index contributed by atoms with van der Waals surface area (Å²) < 4.78 is 5.21. The van der Waals surface area contributed by atoms with E-state index in [1.54, 1.807) is 19.4 Å². The van der Waals surface area contributed by atoms with Gasteiger partial charge in [0, 0.05) is 17.3 Å². The average molecular weight is 396 g/mol. The van der Waals surface area contributed by atoms with E-state index in [-0.39, 0.29) is 5.91 Å². The molecule has 1 aromatic heterocycles. The number of pyridine rings is 1. The number of carbonyl (C=O) groups excluding carboxylic acids is 1. The van der Waals surface area contributed by atoms with Crippen LogP contribution in [0.4, 0.5) is 11.4 Å². The van der Waals surface area contributed by atoms with Crippen LogP contribution in [0.25, 0.3) is 0 Å². The molecule has 0 radical (unpaired) electrons. The molecule has 0 bridgehead atoms. The van der Waals surface area contributed by atoms with Gasteiger partial charge in [-0.05, 0) is 66.9 Å². The molecule has 3 rings (SSSR count). The molecular formula is C22H22ClN3O2. The molecule has 0 unspecified atom stereocenters. The third kappa shape index (κ3) is 5.24. The molecule has 28 heavy (non-hydrogen) atoms. The summed E-state index contributed by atoms with van der Waals surface area (Å²) in [7, 11) is 1.64. The Morgan fingerprint density at radius 3 is 2.71 bits per heavy atom. The molecule has 0 aliphatic rings. The second-order valence-electron chi connectivity index (χ2n) is 6.37. The number of aryl methyl sites for hydroxylation is 1. The fourth-order valence-corrected chi connectivity index (χ4v) is 2.99. The molecule has 0 fully saturated rings. The molecule has 5 nitrogen and oxygen atoms in total. The lowest BCUT2D eigenvalue weighted by molar-refractivity contribution is 0.0949. The molecular weight excluding hydrogens is 374 g/mol. The Kier molecular flexibility index (Phi) is 6.50. The smallest absolute Gasteiger partial charge is 0.269 e. The number of hydrogen-bond donors (Lipinski definition) is 2. The van der Waals surface area contributed by atoms with E-state index < -0.39 is 0 Å². The predicted octanol–water partition coefficient (Wildman–Crippen LogP) is 4.77. The van der Waals surface area contributed by atoms with Crippen molar-refractivity contribution in [2.75, 3.05) is 19.0 Å². The number of nitrogens with zero attached hydrogens (tertiary/aromatic N) is 1. The van der Waals surface area contributed by atoms with E-state index in [1.165, 1.54) is 0 Å². The van der Waals surface area contributed by atoms with Crippen LogP contribution in [0.2, 0.25) is 5.02 Å². The van der Waals surface area contributed by atoms with Gasteiger partial charge in [-0.15, -0.1) is 0 Å². The highest BCUT2D eigenvalue weighted by molar-refractivity contribution is 6.30. The van der Waals surface area contributed by atoms with Crippen LogP contribution in [0, 0.1) is 6.92 Å². The molecule has 0 saturated heterocycles. The lowest BCUT2D eigenvalue weighted by Crippen LogP contribution is -2.26. The molecule has 0 aliphatic carbocycles. The van der Waals surface area contributed by atoms with Crippen LogP contribution in [0.15, 0.2) is 60.8 Å². The van der Waals surface area contributed by atoms with Crippen LogP contribution in [0.1, 0.15) is 21.6 Å². The molecule has 0 spiro atoms. The van der Waals surface area contributed by atoms with E-state index in [4.69, 9.17) is 16.3 Å². The lowest BCUT2D eigenvalue weighted by atomic mass is 10.1. The molecule has 0 atom stereocenters. The normalized spacial score (nSPS) is 10.4. The van der Waals surface area contributed by atoms with Gasteiger partial charge in [-0.1, -0.05) is 23.7 Å². The largest absolute Gasteiger partial charge is 0.497 e. The standard InChI is InChI=1S/C22H22ClN3O2/c1-15-12-17(23)6-8-20(15)26-18-7-9-21(25-14-18)22(27)24-11-10-16-4-3-5-19(13-16)28-2/h3-9,12-14,26H,10-11H2,1-2H3,(H,24,27). The Hall–Kier alpha value is -3.05. The number of aromatic nitrogens is 1. The second kappa shape index (κ2) is 9.24. The molecule has 1 amide bonds. The molecule has 2 N–H and O–H groups in total. The van der Waals surface area contributed by atoms with Crippen LogP contribution in [-0.4, -0.2) is 24.5 Å². The quantitative estimate of drug-likeness (QED) is 0.605. The fourth-order valence-electron chi connectivity index (χ4n) is 2.76. The Bertz CT molecular complexity index is 958. The number of methoxy groups -OCH3 is 1. The minimum Gasteiger partial charge on any atom is -0.497 e. The van der Waals surface area contributed by atoms with Crippen molar-refractivity contribution in [2.45, 2.75) is 13.3 Å². The minimum absolute atomic E-state index is 0.197. The first kappa shape index (κ1) is 19.7. The van der Waals surface area contributed by atoms with Gasteiger partial charge in [0.05, 0.1) is 19.0 Å². The fraction of sp³-hybridized carbons (Fsp3) is 0.182. The van der Waals surface area contributed by atoms with Gasteiger partial charge in [0.25, 0.3) is 5.91 Å². The number of hydrogen-bond acceptors (Lipinski definition) is 4. The predicted molar refractivity (Wildman–Crippen MR) is 113 cm³/mol. The summed E-state index contributed by atoms with van der Waals surface area (Å²) >= 11 is 5.98. The Labute approximate surface area is 169 Å². The van der Waals surface area contributed by atoms with Gasteiger partial charge in [0.2, 0.25) is 0 Å². The van der Waals surface area contributed by atoms with E-state index in [9.17, 15) is 4.79 Å². The van der Waals surface area contributed by atoms with Crippen molar-refractivity contribution in [2.24, 2.45) is 0 Å². The zero-order chi connectivity index (χ0) is 19.9. The van der Waals surface area contributed by atoms with Crippen molar-refractivity contribution < 1.29 is 9.53 Å². The topological polar surface area (TPSA) is 63.2 Å². The highest BCUT2D eigenvalue weighted by Gasteiger charge is 2.07. The number of benzene rings is 2. The second-order valence-corrected chi connectivity index (χ2v) is 6.81. The molecule has 1 heterocycles. The van der Waals surface area contributed by atoms with Crippen molar-refractivity contribution in [3.8, 4) is 5.75 Å². The van der Waals surface area contributed by atoms with Crippen molar-refractivity contribution in [1.82, 2.24) is 10.3 Å². The van der Waals surface area contributed by atoms with E-state index >= 15 is 0 Å². The Morgan fingerprint density at radius 2 is 2.00 bits per heavy atom. The zero-order valence-corrected chi connectivity index (χ0v) is 16.6. The number of nitrogens with one attached hydrogen (secondary N) is 2. The van der Waals surface area contributed by atoms with Crippen LogP contribution >= 0.6 is 11.6 Å². The highest BCUT2D eigenvalue weighted by atomic mass is 35.5. The average Bonchev–Trinajstić information content (AvgIpc) is 2.71. The maximum atomic E-state index is 12.3. The van der Waals surface area contributed by atoms with E-state index in [1.807, 2.05) is 55.5 Å². The SMILES string of the molecule is COc1cccc(CCNC(=O)c2ccc(Nc3ccc(Cl)cc3C)cn2)c1. The van der Waals surface area contributed by atoms with Gasteiger partial charge in [-0.2, -0.15) is 0 Å². The molecule has 6 heteroatoms. The van der Waals surface area contributed by atoms with Crippen molar-refractivity contribution in [3.63, 3.8) is 0 Å². The zero-order valence-electron chi connectivity index (χ0n) is 15.8. The Balaban J connectivity index is 1.54.